The number of hydrogen-bond donors (Lipinski definition) is 0. The van der Waals surface area contributed by atoms with Crippen molar-refractivity contribution in [1.29, 1.82) is 0 Å². The predicted octanol–water partition coefficient (Wildman–Crippen LogP) is 3.94. The van der Waals surface area contributed by atoms with Gasteiger partial charge in [-0.25, -0.2) is 0 Å². The minimum Gasteiger partial charge on any atom is -0.496 e. The summed E-state index contributed by atoms with van der Waals surface area (Å²) in [5.74, 6) is -0.979. The van der Waals surface area contributed by atoms with Gasteiger partial charge in [0.05, 0.1) is 18.6 Å². The first-order chi connectivity index (χ1) is 13.2. The van der Waals surface area contributed by atoms with Crippen molar-refractivity contribution < 1.29 is 23.8 Å². The molecule has 2 aliphatic carbocycles. The highest BCUT2D eigenvalue weighted by molar-refractivity contribution is 6.46. The Morgan fingerprint density at radius 1 is 1.11 bits per heavy atom. The molecule has 2 heterocycles. The molecule has 5 atom stereocenters. The Hall–Kier alpha value is -1.72. The summed E-state index contributed by atoms with van der Waals surface area (Å²) in [5.41, 5.74) is 1.03. The van der Waals surface area contributed by atoms with Gasteiger partial charge in [-0.2, -0.15) is 0 Å². The van der Waals surface area contributed by atoms with E-state index in [1.165, 1.54) is 0 Å². The smallest absolute Gasteiger partial charge is 0.229 e. The number of ketones is 2. The lowest BCUT2D eigenvalue weighted by Gasteiger charge is -2.54. The van der Waals surface area contributed by atoms with Crippen LogP contribution in [-0.4, -0.2) is 30.1 Å². The molecule has 2 bridgehead atoms. The third kappa shape index (κ3) is 2.04. The molecular formula is C23H28O5. The number of benzene rings is 1. The maximum atomic E-state index is 13.3. The van der Waals surface area contributed by atoms with E-state index in [1.54, 1.807) is 7.11 Å². The van der Waals surface area contributed by atoms with Crippen LogP contribution < -0.4 is 4.74 Å². The standard InChI is InChI=1S/C23H28O5/c1-12-16(26-5)7-6-15-17(12)19(24)20(25)18-14-8-9-22(15,18)28-23(13(14)2)11-10-21(3,4)27-23/h6-7,13-14,18H,8-11H2,1-5H3/t13-,14+,18?,22-,23+/m0/s1. The zero-order chi connectivity index (χ0) is 20.1. The van der Waals surface area contributed by atoms with Gasteiger partial charge in [-0.1, -0.05) is 13.0 Å². The SMILES string of the molecule is COc1ccc2c(c1C)C(=O)C(=O)C1[C@@H]3CC[C@]21O[C@]1(CCC(C)(C)O1)[C@H]3C. The average molecular weight is 384 g/mol. The van der Waals surface area contributed by atoms with E-state index < -0.39 is 23.1 Å². The van der Waals surface area contributed by atoms with Crippen LogP contribution in [0.4, 0.5) is 0 Å². The summed E-state index contributed by atoms with van der Waals surface area (Å²) in [4.78, 5) is 26.4. The quantitative estimate of drug-likeness (QED) is 0.686. The molecule has 2 aliphatic heterocycles. The Morgan fingerprint density at radius 2 is 1.86 bits per heavy atom. The molecule has 0 N–H and O–H groups in total. The number of rotatable bonds is 1. The van der Waals surface area contributed by atoms with Crippen molar-refractivity contribution in [2.75, 3.05) is 7.11 Å². The molecule has 28 heavy (non-hydrogen) atoms. The summed E-state index contributed by atoms with van der Waals surface area (Å²) in [7, 11) is 1.58. The van der Waals surface area contributed by atoms with E-state index in [4.69, 9.17) is 14.2 Å². The number of ether oxygens (including phenoxy) is 3. The van der Waals surface area contributed by atoms with Gasteiger partial charge < -0.3 is 14.2 Å². The second-order valence-corrected chi connectivity index (χ2v) is 9.64. The Bertz CT molecular complexity index is 902. The van der Waals surface area contributed by atoms with Crippen LogP contribution in [0.2, 0.25) is 0 Å². The molecular weight excluding hydrogens is 356 g/mol. The van der Waals surface area contributed by atoms with E-state index in [2.05, 4.69) is 20.8 Å². The van der Waals surface area contributed by atoms with E-state index in [0.29, 0.717) is 11.3 Å². The Kier molecular flexibility index (Phi) is 3.57. The molecule has 5 rings (SSSR count). The molecule has 3 fully saturated rings. The number of fused-ring (bicyclic) bond motifs is 1. The van der Waals surface area contributed by atoms with Crippen molar-refractivity contribution >= 4 is 11.6 Å². The molecule has 1 aromatic rings. The first-order valence-electron chi connectivity index (χ1n) is 10.3. The molecule has 1 aromatic carbocycles. The minimum atomic E-state index is -0.769. The topological polar surface area (TPSA) is 61.8 Å². The van der Waals surface area contributed by atoms with Crippen molar-refractivity contribution in [3.05, 3.63) is 28.8 Å². The van der Waals surface area contributed by atoms with E-state index in [0.717, 1.165) is 36.8 Å². The summed E-state index contributed by atoms with van der Waals surface area (Å²) in [6.07, 6.45) is 3.36. The average Bonchev–Trinajstić information content (AvgIpc) is 3.14. The zero-order valence-corrected chi connectivity index (χ0v) is 17.3. The summed E-state index contributed by atoms with van der Waals surface area (Å²) in [6.45, 7) is 8.18. The van der Waals surface area contributed by atoms with Crippen LogP contribution in [0.1, 0.15) is 67.9 Å². The lowest BCUT2D eigenvalue weighted by molar-refractivity contribution is -0.349. The van der Waals surface area contributed by atoms with Gasteiger partial charge in [0.2, 0.25) is 11.6 Å². The van der Waals surface area contributed by atoms with Crippen LogP contribution in [0, 0.1) is 24.7 Å². The van der Waals surface area contributed by atoms with Crippen LogP contribution in [0.25, 0.3) is 0 Å². The number of hydrogen-bond acceptors (Lipinski definition) is 5. The fraction of sp³-hybridized carbons (Fsp3) is 0.652. The zero-order valence-electron chi connectivity index (χ0n) is 17.3. The fourth-order valence-electron chi connectivity index (χ4n) is 6.45. The third-order valence-corrected chi connectivity index (χ3v) is 7.82. The van der Waals surface area contributed by atoms with Crippen molar-refractivity contribution in [1.82, 2.24) is 0 Å². The van der Waals surface area contributed by atoms with Gasteiger partial charge in [-0.05, 0) is 57.6 Å². The molecule has 0 amide bonds. The van der Waals surface area contributed by atoms with Gasteiger partial charge in [-0.3, -0.25) is 9.59 Å². The lowest BCUT2D eigenvalue weighted by atomic mass is 9.63. The second-order valence-electron chi connectivity index (χ2n) is 9.64. The van der Waals surface area contributed by atoms with Crippen LogP contribution in [0.3, 0.4) is 0 Å². The number of carbonyl (C=O) groups excluding carboxylic acids is 2. The normalized spacial score (nSPS) is 40.5. The largest absolute Gasteiger partial charge is 0.496 e. The monoisotopic (exact) mass is 384 g/mol. The van der Waals surface area contributed by atoms with Gasteiger partial charge in [0.15, 0.2) is 5.79 Å². The first kappa shape index (κ1) is 18.3. The van der Waals surface area contributed by atoms with Crippen LogP contribution >= 0.6 is 0 Å². The molecule has 4 aliphatic rings. The molecule has 2 saturated heterocycles. The molecule has 0 radical (unpaired) electrons. The van der Waals surface area contributed by atoms with Crippen LogP contribution in [0.15, 0.2) is 12.1 Å². The van der Waals surface area contributed by atoms with Gasteiger partial charge in [-0.15, -0.1) is 0 Å². The summed E-state index contributed by atoms with van der Waals surface area (Å²) >= 11 is 0. The highest BCUT2D eigenvalue weighted by atomic mass is 16.7. The van der Waals surface area contributed by atoms with Gasteiger partial charge in [0, 0.05) is 23.5 Å². The third-order valence-electron chi connectivity index (χ3n) is 7.82. The fourth-order valence-corrected chi connectivity index (χ4v) is 6.45. The van der Waals surface area contributed by atoms with E-state index in [-0.39, 0.29) is 23.2 Å². The second kappa shape index (κ2) is 5.45. The minimum absolute atomic E-state index is 0.0764. The number of Topliss-reactive ketones (excluding diaryl/α,β-unsaturated/α-hetero) is 2. The molecule has 1 spiro atoms. The van der Waals surface area contributed by atoms with Crippen LogP contribution in [0.5, 0.6) is 5.75 Å². The van der Waals surface area contributed by atoms with E-state index in [9.17, 15) is 9.59 Å². The van der Waals surface area contributed by atoms with Crippen molar-refractivity contribution in [3.63, 3.8) is 0 Å². The highest BCUT2D eigenvalue weighted by Crippen LogP contribution is 2.66. The maximum absolute atomic E-state index is 13.3. The molecule has 5 nitrogen and oxygen atoms in total. The summed E-state index contributed by atoms with van der Waals surface area (Å²) < 4.78 is 18.8. The highest BCUT2D eigenvalue weighted by Gasteiger charge is 2.70. The Morgan fingerprint density at radius 3 is 2.50 bits per heavy atom. The molecule has 5 heteroatoms. The Labute approximate surface area is 165 Å². The number of methoxy groups -OCH3 is 1. The summed E-state index contributed by atoms with van der Waals surface area (Å²) in [5, 5.41) is 0. The maximum Gasteiger partial charge on any atom is 0.229 e. The van der Waals surface area contributed by atoms with E-state index in [1.807, 2.05) is 19.1 Å². The van der Waals surface area contributed by atoms with Crippen molar-refractivity contribution in [2.24, 2.45) is 17.8 Å². The molecule has 1 unspecified atom stereocenters. The van der Waals surface area contributed by atoms with E-state index >= 15 is 0 Å². The first-order valence-corrected chi connectivity index (χ1v) is 10.3. The van der Waals surface area contributed by atoms with Gasteiger partial charge in [0.25, 0.3) is 0 Å². The number of carbonyl (C=O) groups is 2. The van der Waals surface area contributed by atoms with Crippen molar-refractivity contribution in [3.8, 4) is 5.75 Å². The predicted molar refractivity (Wildman–Crippen MR) is 102 cm³/mol. The van der Waals surface area contributed by atoms with Crippen LogP contribution in [-0.2, 0) is 19.9 Å². The van der Waals surface area contributed by atoms with Gasteiger partial charge in [0.1, 0.15) is 11.4 Å². The summed E-state index contributed by atoms with van der Waals surface area (Å²) in [6, 6.07) is 3.83. The molecule has 0 aromatic heterocycles. The lowest BCUT2D eigenvalue weighted by Crippen LogP contribution is -2.61. The van der Waals surface area contributed by atoms with Crippen molar-refractivity contribution in [2.45, 2.75) is 70.4 Å². The Balaban J connectivity index is 1.72. The molecule has 150 valence electrons. The van der Waals surface area contributed by atoms with Gasteiger partial charge >= 0.3 is 0 Å². The molecule has 1 saturated carbocycles.